The second-order valence-corrected chi connectivity index (χ2v) is 8.58. The summed E-state index contributed by atoms with van der Waals surface area (Å²) >= 11 is 1.36. The van der Waals surface area contributed by atoms with Crippen molar-refractivity contribution in [1.29, 1.82) is 0 Å². The monoisotopic (exact) mass is 420 g/mol. The van der Waals surface area contributed by atoms with E-state index in [1.807, 2.05) is 49.4 Å². The van der Waals surface area contributed by atoms with E-state index in [4.69, 9.17) is 0 Å². The molecule has 0 bridgehead atoms. The Kier molecular flexibility index (Phi) is 6.18. The number of hydrogen-bond donors (Lipinski definition) is 1. The van der Waals surface area contributed by atoms with Gasteiger partial charge in [-0.05, 0) is 37.5 Å². The predicted octanol–water partition coefficient (Wildman–Crippen LogP) is 4.33. The molecule has 2 amide bonds. The van der Waals surface area contributed by atoms with Crippen LogP contribution < -0.4 is 10.2 Å². The van der Waals surface area contributed by atoms with Crippen LogP contribution in [0.1, 0.15) is 41.3 Å². The summed E-state index contributed by atoms with van der Waals surface area (Å²) in [5, 5.41) is 12.5. The lowest BCUT2D eigenvalue weighted by molar-refractivity contribution is -0.117. The van der Waals surface area contributed by atoms with Gasteiger partial charge < -0.3 is 10.2 Å². The Morgan fingerprint density at radius 3 is 2.67 bits per heavy atom. The highest BCUT2D eigenvalue weighted by Gasteiger charge is 2.33. The molecule has 1 saturated heterocycles. The maximum Gasteiger partial charge on any atom is 0.227 e. The number of hydrogen-bond acceptors (Lipinski definition) is 5. The van der Waals surface area contributed by atoms with Crippen LogP contribution in [-0.2, 0) is 16.0 Å². The van der Waals surface area contributed by atoms with Gasteiger partial charge in [0.15, 0.2) is 0 Å². The molecule has 1 atom stereocenters. The summed E-state index contributed by atoms with van der Waals surface area (Å²) in [7, 11) is 0. The van der Waals surface area contributed by atoms with E-state index in [2.05, 4.69) is 27.6 Å². The number of aryl methyl sites for hydroxylation is 2. The normalized spacial score (nSPS) is 16.1. The van der Waals surface area contributed by atoms with Crippen molar-refractivity contribution in [2.45, 2.75) is 38.5 Å². The molecular formula is C23H24N4O2S. The van der Waals surface area contributed by atoms with Gasteiger partial charge in [0.1, 0.15) is 5.01 Å². The lowest BCUT2D eigenvalue weighted by atomic mass is 10.1. The number of carbonyl (C=O) groups excluding carboxylic acids is 2. The molecule has 1 aliphatic heterocycles. The average molecular weight is 421 g/mol. The summed E-state index contributed by atoms with van der Waals surface area (Å²) in [6, 6.07) is 18.1. The molecule has 2 aromatic carbocycles. The number of benzene rings is 2. The van der Waals surface area contributed by atoms with Gasteiger partial charge in [0.2, 0.25) is 16.9 Å². The van der Waals surface area contributed by atoms with Crippen LogP contribution in [0, 0.1) is 6.92 Å². The second kappa shape index (κ2) is 9.17. The Labute approximate surface area is 180 Å². The molecule has 154 valence electrons. The van der Waals surface area contributed by atoms with Crippen LogP contribution in [0.25, 0.3) is 0 Å². The Morgan fingerprint density at radius 1 is 1.13 bits per heavy atom. The van der Waals surface area contributed by atoms with Gasteiger partial charge in [-0.1, -0.05) is 59.4 Å². The molecule has 1 unspecified atom stereocenters. The first-order valence-corrected chi connectivity index (χ1v) is 10.9. The summed E-state index contributed by atoms with van der Waals surface area (Å²) in [5.74, 6) is 0.0306. The van der Waals surface area contributed by atoms with E-state index in [1.54, 1.807) is 4.90 Å². The van der Waals surface area contributed by atoms with Gasteiger partial charge in [0.25, 0.3) is 0 Å². The van der Waals surface area contributed by atoms with Crippen molar-refractivity contribution in [2.75, 3.05) is 16.8 Å². The van der Waals surface area contributed by atoms with E-state index < -0.39 is 0 Å². The summed E-state index contributed by atoms with van der Waals surface area (Å²) in [5.41, 5.74) is 3.30. The lowest BCUT2D eigenvalue weighted by Gasteiger charge is -2.16. The maximum atomic E-state index is 12.5. The highest BCUT2D eigenvalue weighted by Crippen LogP contribution is 2.34. The highest BCUT2D eigenvalue weighted by molar-refractivity contribution is 7.15. The van der Waals surface area contributed by atoms with Crippen LogP contribution in [0.2, 0.25) is 0 Å². The molecule has 4 rings (SSSR count). The molecule has 2 heterocycles. The van der Waals surface area contributed by atoms with Crippen molar-refractivity contribution in [2.24, 2.45) is 0 Å². The number of rotatable bonds is 7. The third-order valence-electron chi connectivity index (χ3n) is 5.22. The van der Waals surface area contributed by atoms with Crippen LogP contribution in [0.5, 0.6) is 0 Å². The average Bonchev–Trinajstić information content (AvgIpc) is 3.36. The Bertz CT molecular complexity index is 1020. The molecule has 7 heteroatoms. The van der Waals surface area contributed by atoms with Crippen molar-refractivity contribution in [3.05, 3.63) is 70.7 Å². The van der Waals surface area contributed by atoms with Gasteiger partial charge in [-0.3, -0.25) is 9.59 Å². The number of nitrogens with zero attached hydrogens (tertiary/aromatic N) is 3. The molecule has 0 radical (unpaired) electrons. The van der Waals surface area contributed by atoms with Gasteiger partial charge in [-0.25, -0.2) is 0 Å². The fraction of sp³-hybridized carbons (Fsp3) is 0.304. The first kappa shape index (κ1) is 20.2. The minimum absolute atomic E-state index is 0.0000331. The van der Waals surface area contributed by atoms with Crippen molar-refractivity contribution >= 4 is 34.0 Å². The standard InChI is InChI=1S/C23H24N4O2S/c1-16-10-12-19(13-11-16)27-15-18(14-21(27)29)22-25-26-23(30-22)24-20(28)9-5-8-17-6-3-2-4-7-17/h2-4,6-7,10-13,18H,5,8-9,14-15H2,1H3,(H,24,26,28). The number of nitrogens with one attached hydrogen (secondary N) is 1. The van der Waals surface area contributed by atoms with Gasteiger partial charge in [-0.2, -0.15) is 0 Å². The van der Waals surface area contributed by atoms with E-state index in [0.29, 0.717) is 24.5 Å². The van der Waals surface area contributed by atoms with Gasteiger partial charge in [-0.15, -0.1) is 10.2 Å². The van der Waals surface area contributed by atoms with Crippen LogP contribution in [0.15, 0.2) is 54.6 Å². The van der Waals surface area contributed by atoms with Crippen LogP contribution in [0.3, 0.4) is 0 Å². The van der Waals surface area contributed by atoms with Crippen molar-refractivity contribution in [3.63, 3.8) is 0 Å². The van der Waals surface area contributed by atoms with Crippen LogP contribution >= 0.6 is 11.3 Å². The van der Waals surface area contributed by atoms with Crippen molar-refractivity contribution in [1.82, 2.24) is 10.2 Å². The molecule has 30 heavy (non-hydrogen) atoms. The SMILES string of the molecule is Cc1ccc(N2CC(c3nnc(NC(=O)CCCc4ccccc4)s3)CC2=O)cc1. The fourth-order valence-electron chi connectivity index (χ4n) is 3.58. The molecule has 0 spiro atoms. The Hall–Kier alpha value is -3.06. The lowest BCUT2D eigenvalue weighted by Crippen LogP contribution is -2.24. The van der Waals surface area contributed by atoms with E-state index in [0.717, 1.165) is 29.1 Å². The molecule has 1 N–H and O–H groups in total. The van der Waals surface area contributed by atoms with Crippen LogP contribution in [-0.4, -0.2) is 28.6 Å². The summed E-state index contributed by atoms with van der Waals surface area (Å²) in [4.78, 5) is 26.5. The van der Waals surface area contributed by atoms with Crippen molar-refractivity contribution in [3.8, 4) is 0 Å². The zero-order valence-corrected chi connectivity index (χ0v) is 17.7. The topological polar surface area (TPSA) is 75.2 Å². The number of anilines is 2. The molecule has 6 nitrogen and oxygen atoms in total. The Balaban J connectivity index is 1.30. The molecule has 0 saturated carbocycles. The number of amides is 2. The van der Waals surface area contributed by atoms with E-state index in [1.165, 1.54) is 16.9 Å². The molecule has 1 aromatic heterocycles. The quantitative estimate of drug-likeness (QED) is 0.617. The minimum Gasteiger partial charge on any atom is -0.312 e. The van der Waals surface area contributed by atoms with Crippen molar-refractivity contribution < 1.29 is 9.59 Å². The zero-order valence-electron chi connectivity index (χ0n) is 16.9. The molecular weight excluding hydrogens is 396 g/mol. The first-order chi connectivity index (χ1) is 14.6. The third kappa shape index (κ3) is 4.91. The summed E-state index contributed by atoms with van der Waals surface area (Å²) in [6.07, 6.45) is 2.50. The van der Waals surface area contributed by atoms with E-state index >= 15 is 0 Å². The second-order valence-electron chi connectivity index (χ2n) is 7.57. The van der Waals surface area contributed by atoms with Gasteiger partial charge in [0.05, 0.1) is 0 Å². The van der Waals surface area contributed by atoms with Gasteiger partial charge >= 0.3 is 0 Å². The number of carbonyl (C=O) groups is 2. The molecule has 1 aliphatic rings. The largest absolute Gasteiger partial charge is 0.312 e. The molecule has 0 aliphatic carbocycles. The van der Waals surface area contributed by atoms with Crippen LogP contribution in [0.4, 0.5) is 10.8 Å². The molecule has 3 aromatic rings. The smallest absolute Gasteiger partial charge is 0.227 e. The first-order valence-electron chi connectivity index (χ1n) is 10.1. The molecule has 1 fully saturated rings. The fourth-order valence-corrected chi connectivity index (χ4v) is 4.43. The van der Waals surface area contributed by atoms with E-state index in [-0.39, 0.29) is 17.7 Å². The maximum absolute atomic E-state index is 12.5. The van der Waals surface area contributed by atoms with Gasteiger partial charge in [0, 0.05) is 31.0 Å². The minimum atomic E-state index is -0.0580. The highest BCUT2D eigenvalue weighted by atomic mass is 32.1. The predicted molar refractivity (Wildman–Crippen MR) is 119 cm³/mol. The summed E-state index contributed by atoms with van der Waals surface area (Å²) in [6.45, 7) is 2.61. The Morgan fingerprint density at radius 2 is 1.90 bits per heavy atom. The van der Waals surface area contributed by atoms with E-state index in [9.17, 15) is 9.59 Å². The summed E-state index contributed by atoms with van der Waals surface area (Å²) < 4.78 is 0. The third-order valence-corrected chi connectivity index (χ3v) is 6.22. The number of aromatic nitrogens is 2. The zero-order chi connectivity index (χ0) is 20.9.